The van der Waals surface area contributed by atoms with Gasteiger partial charge in [0.25, 0.3) is 0 Å². The average molecular weight is 501 g/mol. The number of nitrogens with two attached hydrogens (primary N) is 2. The van der Waals surface area contributed by atoms with Crippen LogP contribution in [-0.2, 0) is 11.2 Å². The summed E-state index contributed by atoms with van der Waals surface area (Å²) in [5.41, 5.74) is 12.1. The van der Waals surface area contributed by atoms with Gasteiger partial charge in [0.2, 0.25) is 6.41 Å². The van der Waals surface area contributed by atoms with Crippen molar-refractivity contribution in [3.63, 3.8) is 0 Å². The van der Waals surface area contributed by atoms with E-state index in [1.54, 1.807) is 0 Å². The van der Waals surface area contributed by atoms with Crippen LogP contribution in [0.4, 0.5) is 24.5 Å². The fraction of sp³-hybridized carbons (Fsp3) is 0.704. The molecule has 0 saturated heterocycles. The van der Waals surface area contributed by atoms with Gasteiger partial charge in [-0.05, 0) is 67.9 Å². The second-order valence-corrected chi connectivity index (χ2v) is 10.6. The number of primary amides is 1. The molecule has 1 amide bonds. The Morgan fingerprint density at radius 1 is 1.20 bits per heavy atom. The molecular formula is C27H47F3N4O. The van der Waals surface area contributed by atoms with Crippen molar-refractivity contribution in [2.75, 3.05) is 18.4 Å². The highest BCUT2D eigenvalue weighted by molar-refractivity contribution is 5.68. The maximum atomic E-state index is 11.8. The van der Waals surface area contributed by atoms with Crippen LogP contribution in [0, 0.1) is 16.7 Å². The van der Waals surface area contributed by atoms with E-state index >= 15 is 0 Å². The molecule has 0 spiro atoms. The average Bonchev–Trinajstić information content (AvgIpc) is 3.64. The first-order valence-electron chi connectivity index (χ1n) is 12.5. The number of aryl methyl sites for hydroxylation is 1. The van der Waals surface area contributed by atoms with Crippen LogP contribution in [0.25, 0.3) is 0 Å². The van der Waals surface area contributed by atoms with E-state index in [9.17, 15) is 13.2 Å². The minimum absolute atomic E-state index is 0.135. The standard InChI is InChI=1S/C17H27N3.C6H11F3.C3H6.CH3NO/c1-17(2)11-14(12-17)5-4-13-6-7-15(20-9-8-18)16(10-13)19-3;1-4-5(2,3)6(7,8)9;1-2-3-1;2-1-3/h6-7,10,14,20H,3-5,8-9,11-12,18H2,1-2H3;4H2,1-3H3;1-3H2;1H,(H2,2,3). The van der Waals surface area contributed by atoms with Crippen LogP contribution in [0.15, 0.2) is 23.2 Å². The first-order valence-corrected chi connectivity index (χ1v) is 12.5. The lowest BCUT2D eigenvalue weighted by Gasteiger charge is -2.42. The Kier molecular flexibility index (Phi) is 14.9. The number of hydrogen-bond acceptors (Lipinski definition) is 4. The molecule has 0 unspecified atom stereocenters. The Labute approximate surface area is 210 Å². The predicted octanol–water partition coefficient (Wildman–Crippen LogP) is 7.01. The van der Waals surface area contributed by atoms with Crippen LogP contribution in [-0.4, -0.2) is 32.4 Å². The van der Waals surface area contributed by atoms with Crippen molar-refractivity contribution in [1.82, 2.24) is 0 Å². The molecule has 1 aromatic carbocycles. The molecule has 35 heavy (non-hydrogen) atoms. The van der Waals surface area contributed by atoms with E-state index in [2.05, 4.69) is 54.8 Å². The van der Waals surface area contributed by atoms with Crippen LogP contribution in [0.1, 0.15) is 85.1 Å². The molecule has 0 radical (unpaired) electrons. The molecule has 0 heterocycles. The summed E-state index contributed by atoms with van der Waals surface area (Å²) in [5, 5.41) is 3.28. The first kappa shape index (κ1) is 32.9. The molecule has 0 bridgehead atoms. The van der Waals surface area contributed by atoms with Crippen LogP contribution in [0.5, 0.6) is 0 Å². The molecule has 0 atom stereocenters. The van der Waals surface area contributed by atoms with Crippen molar-refractivity contribution in [3.05, 3.63) is 23.8 Å². The van der Waals surface area contributed by atoms with Crippen molar-refractivity contribution >= 4 is 24.5 Å². The van der Waals surface area contributed by atoms with Gasteiger partial charge in [0.05, 0.1) is 16.8 Å². The van der Waals surface area contributed by atoms with Crippen LogP contribution < -0.4 is 16.8 Å². The second-order valence-electron chi connectivity index (χ2n) is 10.6. The number of nitrogens with zero attached hydrogens (tertiary/aromatic N) is 1. The Bertz CT molecular complexity index is 736. The molecule has 2 aliphatic rings. The zero-order valence-corrected chi connectivity index (χ0v) is 22.3. The Balaban J connectivity index is 0.000000634. The van der Waals surface area contributed by atoms with E-state index in [0.717, 1.165) is 30.3 Å². The highest BCUT2D eigenvalue weighted by Crippen LogP contribution is 2.46. The number of alkyl halides is 3. The largest absolute Gasteiger partial charge is 0.393 e. The van der Waals surface area contributed by atoms with Crippen molar-refractivity contribution in [2.24, 2.45) is 33.2 Å². The topological polar surface area (TPSA) is 93.5 Å². The quantitative estimate of drug-likeness (QED) is 0.265. The molecule has 2 aliphatic carbocycles. The molecule has 5 nitrogen and oxygen atoms in total. The van der Waals surface area contributed by atoms with Gasteiger partial charge in [0.1, 0.15) is 0 Å². The number of hydrogen-bond donors (Lipinski definition) is 3. The van der Waals surface area contributed by atoms with Crippen LogP contribution in [0.3, 0.4) is 0 Å². The number of carbonyl (C=O) groups excluding carboxylic acids is 1. The molecule has 1 aromatic rings. The van der Waals surface area contributed by atoms with E-state index in [0.29, 0.717) is 12.0 Å². The minimum Gasteiger partial charge on any atom is -0.382 e. The summed E-state index contributed by atoms with van der Waals surface area (Å²) in [5.74, 6) is 0.903. The van der Waals surface area contributed by atoms with Gasteiger partial charge in [-0.25, -0.2) is 0 Å². The van der Waals surface area contributed by atoms with E-state index in [-0.39, 0.29) is 12.8 Å². The molecule has 5 N–H and O–H groups in total. The van der Waals surface area contributed by atoms with E-state index in [4.69, 9.17) is 10.5 Å². The minimum atomic E-state index is -4.05. The summed E-state index contributed by atoms with van der Waals surface area (Å²) < 4.78 is 35.5. The Hall–Kier alpha value is -2.09. The molecule has 202 valence electrons. The summed E-state index contributed by atoms with van der Waals surface area (Å²) in [6, 6.07) is 6.44. The second kappa shape index (κ2) is 15.8. The maximum Gasteiger partial charge on any atom is 0.393 e. The van der Waals surface area contributed by atoms with E-state index < -0.39 is 11.6 Å². The maximum absolute atomic E-state index is 11.8. The van der Waals surface area contributed by atoms with Crippen molar-refractivity contribution < 1.29 is 18.0 Å². The van der Waals surface area contributed by atoms with Gasteiger partial charge in [-0.3, -0.25) is 9.79 Å². The predicted molar refractivity (Wildman–Crippen MR) is 142 cm³/mol. The Morgan fingerprint density at radius 2 is 1.74 bits per heavy atom. The Morgan fingerprint density at radius 3 is 2.09 bits per heavy atom. The summed E-state index contributed by atoms with van der Waals surface area (Å²) in [4.78, 5) is 12.7. The third kappa shape index (κ3) is 14.2. The van der Waals surface area contributed by atoms with Gasteiger partial charge < -0.3 is 16.8 Å². The number of amides is 1. The molecule has 8 heteroatoms. The lowest BCUT2D eigenvalue weighted by molar-refractivity contribution is -0.212. The molecule has 3 rings (SSSR count). The van der Waals surface area contributed by atoms with Crippen LogP contribution >= 0.6 is 0 Å². The number of benzene rings is 1. The number of anilines is 1. The summed E-state index contributed by atoms with van der Waals surface area (Å²) in [6.07, 6.45) is 6.00. The summed E-state index contributed by atoms with van der Waals surface area (Å²) >= 11 is 0. The molecule has 0 aromatic heterocycles. The van der Waals surface area contributed by atoms with Gasteiger partial charge in [-0.2, -0.15) is 13.2 Å². The fourth-order valence-corrected chi connectivity index (χ4v) is 3.50. The van der Waals surface area contributed by atoms with E-state index in [1.807, 2.05) is 0 Å². The number of rotatable bonds is 8. The molecular weight excluding hydrogens is 453 g/mol. The normalized spacial score (nSPS) is 16.0. The zero-order chi connectivity index (χ0) is 27.1. The highest BCUT2D eigenvalue weighted by atomic mass is 19.4. The summed E-state index contributed by atoms with van der Waals surface area (Å²) in [7, 11) is 0. The van der Waals surface area contributed by atoms with Gasteiger partial charge in [-0.1, -0.05) is 59.9 Å². The third-order valence-electron chi connectivity index (χ3n) is 6.22. The van der Waals surface area contributed by atoms with Crippen molar-refractivity contribution in [3.8, 4) is 0 Å². The third-order valence-corrected chi connectivity index (χ3v) is 6.22. The van der Waals surface area contributed by atoms with E-state index in [1.165, 1.54) is 64.9 Å². The van der Waals surface area contributed by atoms with Crippen molar-refractivity contribution in [1.29, 1.82) is 0 Å². The molecule has 2 fully saturated rings. The van der Waals surface area contributed by atoms with Gasteiger partial charge in [0.15, 0.2) is 0 Å². The highest BCUT2D eigenvalue weighted by Gasteiger charge is 2.45. The zero-order valence-electron chi connectivity index (χ0n) is 22.3. The van der Waals surface area contributed by atoms with Crippen molar-refractivity contribution in [2.45, 2.75) is 92.2 Å². The number of nitrogens with one attached hydrogen (secondary N) is 1. The molecule has 0 aliphatic heterocycles. The number of carbonyl (C=O) groups is 1. The number of aliphatic imine (C=N–C) groups is 1. The van der Waals surface area contributed by atoms with Gasteiger partial charge in [0, 0.05) is 13.1 Å². The first-order chi connectivity index (χ1) is 16.3. The van der Waals surface area contributed by atoms with Gasteiger partial charge >= 0.3 is 6.18 Å². The fourth-order valence-electron chi connectivity index (χ4n) is 3.50. The smallest absolute Gasteiger partial charge is 0.382 e. The lowest BCUT2D eigenvalue weighted by Crippen LogP contribution is -2.31. The number of halogens is 3. The monoisotopic (exact) mass is 500 g/mol. The molecule has 2 saturated carbocycles. The SMILES string of the molecule is C1CC1.C=Nc1cc(CCC2CC(C)(C)C2)ccc1NCCN.CCC(C)(C)C(F)(F)F.NC=O. The summed E-state index contributed by atoms with van der Waals surface area (Å²) in [6.45, 7) is 13.7. The van der Waals surface area contributed by atoms with Crippen LogP contribution in [0.2, 0.25) is 0 Å². The lowest BCUT2D eigenvalue weighted by atomic mass is 9.63. The van der Waals surface area contributed by atoms with Gasteiger partial charge in [-0.15, -0.1) is 0 Å².